The van der Waals surface area contributed by atoms with Crippen LogP contribution < -0.4 is 10.1 Å². The van der Waals surface area contributed by atoms with Crippen molar-refractivity contribution in [1.82, 2.24) is 5.32 Å². The number of unbranched alkanes of at least 4 members (excludes halogenated alkanes) is 1. The van der Waals surface area contributed by atoms with E-state index in [1.807, 2.05) is 19.1 Å². The normalized spacial score (nSPS) is 11.8. The molecule has 0 spiro atoms. The summed E-state index contributed by atoms with van der Waals surface area (Å²) in [4.78, 5) is 0. The van der Waals surface area contributed by atoms with Gasteiger partial charge in [0.2, 0.25) is 0 Å². The monoisotopic (exact) mass is 245 g/mol. The van der Waals surface area contributed by atoms with Gasteiger partial charge in [-0.05, 0) is 44.0 Å². The number of hydrogen-bond acceptors (Lipinski definition) is 2. The Morgan fingerprint density at radius 1 is 1.28 bits per heavy atom. The fourth-order valence-electron chi connectivity index (χ4n) is 2.00. The molecule has 0 radical (unpaired) electrons. The number of nitrogens with one attached hydrogen (secondary N) is 1. The highest BCUT2D eigenvalue weighted by molar-refractivity contribution is 5.29. The van der Waals surface area contributed by atoms with Crippen LogP contribution in [0.15, 0.2) is 24.3 Å². The summed E-state index contributed by atoms with van der Waals surface area (Å²) in [7, 11) is 0. The van der Waals surface area contributed by atoms with Crippen LogP contribution in [-0.2, 0) is 0 Å². The van der Waals surface area contributed by atoms with Crippen molar-refractivity contribution in [1.29, 1.82) is 0 Å². The Morgan fingerprint density at radius 2 is 2.00 bits per heavy atom. The van der Waals surface area contributed by atoms with Gasteiger partial charge in [0.05, 0.1) is 6.61 Å². The highest BCUT2D eigenvalue weighted by Crippen LogP contribution is 2.22. The lowest BCUT2D eigenvalue weighted by molar-refractivity contribution is 0.340. The van der Waals surface area contributed by atoms with Crippen molar-refractivity contribution in [3.05, 3.63) is 29.8 Å². The average Bonchev–Trinajstić information content (AvgIpc) is 2.39. The minimum atomic E-state index is 0.388. The van der Waals surface area contributed by atoms with Crippen LogP contribution in [0.3, 0.4) is 0 Å². The van der Waals surface area contributed by atoms with E-state index in [2.05, 4.69) is 30.3 Å². The van der Waals surface area contributed by atoms with Crippen LogP contribution in [0.2, 0.25) is 0 Å². The molecule has 1 N–H and O–H groups in total. The molecule has 0 aliphatic rings. The van der Waals surface area contributed by atoms with E-state index in [0.29, 0.717) is 12.6 Å². The lowest BCUT2D eigenvalue weighted by atomic mass is 10.0. The molecular formula is C16H23NO. The molecular weight excluding hydrogens is 222 g/mol. The molecule has 0 amide bonds. The number of hydrogen-bond donors (Lipinski definition) is 1. The van der Waals surface area contributed by atoms with E-state index in [1.165, 1.54) is 5.56 Å². The highest BCUT2D eigenvalue weighted by Gasteiger charge is 2.09. The molecule has 0 bridgehead atoms. The zero-order chi connectivity index (χ0) is 13.2. The second-order valence-electron chi connectivity index (χ2n) is 4.21. The second-order valence-corrected chi connectivity index (χ2v) is 4.21. The Hall–Kier alpha value is -1.46. The largest absolute Gasteiger partial charge is 0.494 e. The summed E-state index contributed by atoms with van der Waals surface area (Å²) in [5.41, 5.74) is 1.30. The summed E-state index contributed by atoms with van der Waals surface area (Å²) in [6.07, 6.45) is 8.27. The van der Waals surface area contributed by atoms with Gasteiger partial charge in [0.25, 0.3) is 0 Å². The van der Waals surface area contributed by atoms with Crippen LogP contribution in [-0.4, -0.2) is 13.2 Å². The Kier molecular flexibility index (Phi) is 6.98. The standard InChI is InChI=1S/C16H23NO/c1-4-7-8-9-16(17-5-2)14-10-12-15(13-11-14)18-6-3/h1,10-13,16-17H,5-9H2,2-3H3. The molecule has 0 aliphatic heterocycles. The van der Waals surface area contributed by atoms with Crippen molar-refractivity contribution in [3.63, 3.8) is 0 Å². The molecule has 1 rings (SSSR count). The first-order valence-electron chi connectivity index (χ1n) is 6.71. The Balaban J connectivity index is 2.63. The van der Waals surface area contributed by atoms with E-state index in [1.54, 1.807) is 0 Å². The number of ether oxygens (including phenoxy) is 1. The van der Waals surface area contributed by atoms with E-state index in [-0.39, 0.29) is 0 Å². The molecule has 2 heteroatoms. The summed E-state index contributed by atoms with van der Waals surface area (Å²) in [5.74, 6) is 3.63. The van der Waals surface area contributed by atoms with Crippen LogP contribution in [0.25, 0.3) is 0 Å². The van der Waals surface area contributed by atoms with Gasteiger partial charge in [0, 0.05) is 12.5 Å². The SMILES string of the molecule is C#CCCCC(NCC)c1ccc(OCC)cc1. The molecule has 1 aromatic carbocycles. The summed E-state index contributed by atoms with van der Waals surface area (Å²) in [6.45, 7) is 5.80. The molecule has 1 unspecified atom stereocenters. The first kappa shape index (κ1) is 14.6. The van der Waals surface area contributed by atoms with Crippen molar-refractivity contribution >= 4 is 0 Å². The highest BCUT2D eigenvalue weighted by atomic mass is 16.5. The zero-order valence-electron chi connectivity index (χ0n) is 11.4. The molecule has 98 valence electrons. The first-order chi connectivity index (χ1) is 8.81. The van der Waals surface area contributed by atoms with Gasteiger partial charge < -0.3 is 10.1 Å². The maximum atomic E-state index is 5.45. The molecule has 0 heterocycles. The Bertz CT molecular complexity index is 364. The fourth-order valence-corrected chi connectivity index (χ4v) is 2.00. The van der Waals surface area contributed by atoms with E-state index in [0.717, 1.165) is 31.6 Å². The van der Waals surface area contributed by atoms with Gasteiger partial charge in [-0.15, -0.1) is 12.3 Å². The second kappa shape index (κ2) is 8.60. The molecule has 0 fully saturated rings. The summed E-state index contributed by atoms with van der Waals surface area (Å²) >= 11 is 0. The Labute approximate surface area is 111 Å². The first-order valence-corrected chi connectivity index (χ1v) is 6.71. The van der Waals surface area contributed by atoms with Gasteiger partial charge in [0.1, 0.15) is 5.75 Å². The van der Waals surface area contributed by atoms with Crippen LogP contribution >= 0.6 is 0 Å². The molecule has 0 saturated carbocycles. The minimum Gasteiger partial charge on any atom is -0.494 e. The molecule has 1 aromatic rings. The zero-order valence-corrected chi connectivity index (χ0v) is 11.4. The van der Waals surface area contributed by atoms with Gasteiger partial charge >= 0.3 is 0 Å². The van der Waals surface area contributed by atoms with Crippen molar-refractivity contribution in [2.24, 2.45) is 0 Å². The van der Waals surface area contributed by atoms with E-state index in [4.69, 9.17) is 11.2 Å². The van der Waals surface area contributed by atoms with Gasteiger partial charge in [-0.1, -0.05) is 19.1 Å². The van der Waals surface area contributed by atoms with Crippen molar-refractivity contribution in [2.45, 2.75) is 39.2 Å². The summed E-state index contributed by atoms with van der Waals surface area (Å²) in [5, 5.41) is 3.50. The third kappa shape index (κ3) is 4.81. The third-order valence-corrected chi connectivity index (χ3v) is 2.86. The Morgan fingerprint density at radius 3 is 2.56 bits per heavy atom. The van der Waals surface area contributed by atoms with Crippen LogP contribution in [0.5, 0.6) is 5.75 Å². The maximum absolute atomic E-state index is 5.45. The third-order valence-electron chi connectivity index (χ3n) is 2.86. The van der Waals surface area contributed by atoms with Gasteiger partial charge in [0.15, 0.2) is 0 Å². The molecule has 1 atom stereocenters. The van der Waals surface area contributed by atoms with E-state index >= 15 is 0 Å². The van der Waals surface area contributed by atoms with Gasteiger partial charge in [-0.25, -0.2) is 0 Å². The summed E-state index contributed by atoms with van der Waals surface area (Å²) in [6, 6.07) is 8.72. The van der Waals surface area contributed by atoms with E-state index in [9.17, 15) is 0 Å². The molecule has 0 aliphatic carbocycles. The number of terminal acetylenes is 1. The molecule has 0 aromatic heterocycles. The lowest BCUT2D eigenvalue weighted by Gasteiger charge is -2.18. The lowest BCUT2D eigenvalue weighted by Crippen LogP contribution is -2.20. The average molecular weight is 245 g/mol. The van der Waals surface area contributed by atoms with Crippen molar-refractivity contribution in [2.75, 3.05) is 13.2 Å². The molecule has 18 heavy (non-hydrogen) atoms. The van der Waals surface area contributed by atoms with Crippen molar-refractivity contribution < 1.29 is 4.74 Å². The quantitative estimate of drug-likeness (QED) is 0.559. The van der Waals surface area contributed by atoms with Gasteiger partial charge in [-0.2, -0.15) is 0 Å². The van der Waals surface area contributed by atoms with Crippen LogP contribution in [0, 0.1) is 12.3 Å². The summed E-state index contributed by atoms with van der Waals surface area (Å²) < 4.78 is 5.45. The number of rotatable bonds is 8. The van der Waals surface area contributed by atoms with E-state index < -0.39 is 0 Å². The maximum Gasteiger partial charge on any atom is 0.119 e. The fraction of sp³-hybridized carbons (Fsp3) is 0.500. The smallest absolute Gasteiger partial charge is 0.119 e. The molecule has 2 nitrogen and oxygen atoms in total. The molecule has 0 saturated heterocycles. The van der Waals surface area contributed by atoms with Crippen molar-refractivity contribution in [3.8, 4) is 18.1 Å². The minimum absolute atomic E-state index is 0.388. The number of benzene rings is 1. The van der Waals surface area contributed by atoms with Gasteiger partial charge in [-0.3, -0.25) is 0 Å². The predicted octanol–water partition coefficient (Wildman–Crippen LogP) is 3.54. The van der Waals surface area contributed by atoms with Crippen LogP contribution in [0.4, 0.5) is 0 Å². The predicted molar refractivity (Wildman–Crippen MR) is 76.7 cm³/mol. The van der Waals surface area contributed by atoms with Crippen LogP contribution in [0.1, 0.15) is 44.7 Å². The topological polar surface area (TPSA) is 21.3 Å².